The lowest BCUT2D eigenvalue weighted by atomic mass is 10.2. The second-order valence-electron chi connectivity index (χ2n) is 6.40. The smallest absolute Gasteiger partial charge is 0.305 e. The van der Waals surface area contributed by atoms with Crippen molar-refractivity contribution in [3.05, 3.63) is 46.7 Å². The summed E-state index contributed by atoms with van der Waals surface area (Å²) < 4.78 is 46.6. The molecule has 1 aliphatic heterocycles. The number of anilines is 1. The Morgan fingerprint density at radius 1 is 1.27 bits per heavy atom. The maximum Gasteiger partial charge on any atom is 0.305 e. The molecule has 0 saturated carbocycles. The highest BCUT2D eigenvalue weighted by Crippen LogP contribution is 2.43. The number of nitrogens with zero attached hydrogens (tertiary/aromatic N) is 2. The maximum absolute atomic E-state index is 14.0. The van der Waals surface area contributed by atoms with Crippen molar-refractivity contribution in [2.75, 3.05) is 12.0 Å². The number of ether oxygens (including phenoxy) is 1. The summed E-state index contributed by atoms with van der Waals surface area (Å²) in [5.74, 6) is -4.62. The van der Waals surface area contributed by atoms with Crippen LogP contribution in [0.25, 0.3) is 10.2 Å². The van der Waals surface area contributed by atoms with Gasteiger partial charge in [0.2, 0.25) is 5.91 Å². The number of hydrogen-bond acceptors (Lipinski definition) is 6. The number of thioether (sulfide) groups is 1. The van der Waals surface area contributed by atoms with Gasteiger partial charge in [0, 0.05) is 11.0 Å². The molecule has 1 unspecified atom stereocenters. The first kappa shape index (κ1) is 20.5. The molecule has 0 radical (unpaired) electrons. The molecule has 1 atom stereocenters. The summed E-state index contributed by atoms with van der Waals surface area (Å²) in [6.07, 6.45) is -0.398. The summed E-state index contributed by atoms with van der Waals surface area (Å²) in [6, 6.07) is 5.42. The van der Waals surface area contributed by atoms with Gasteiger partial charge in [0.05, 0.1) is 35.7 Å². The van der Waals surface area contributed by atoms with Crippen LogP contribution in [0.5, 0.6) is 5.75 Å². The van der Waals surface area contributed by atoms with Gasteiger partial charge in [-0.2, -0.15) is 0 Å². The highest BCUT2D eigenvalue weighted by Gasteiger charge is 2.36. The number of carboxylic acids is 1. The van der Waals surface area contributed by atoms with E-state index >= 15 is 0 Å². The Bertz CT molecular complexity index is 1180. The van der Waals surface area contributed by atoms with Gasteiger partial charge in [-0.3, -0.25) is 9.59 Å². The van der Waals surface area contributed by atoms with Crippen molar-refractivity contribution in [1.82, 2.24) is 4.98 Å². The minimum absolute atomic E-state index is 0.144. The third-order valence-electron chi connectivity index (χ3n) is 4.48. The Morgan fingerprint density at radius 2 is 2.03 bits per heavy atom. The Labute approximate surface area is 176 Å². The zero-order chi connectivity index (χ0) is 21.6. The number of aliphatic carboxylic acids is 1. The standard InChI is InChI=1S/C19H13F3N2O4S2/c1-28-8-2-3-11-12(4-8)29-13(6-15(25)26)19(27)24(11)7-14-23-17-16(22)9(20)5-10(21)18(17)30-14/h2-5,13H,6-7H2,1H3,(H,25,26). The average Bonchev–Trinajstić information content (AvgIpc) is 3.13. The van der Waals surface area contributed by atoms with Crippen LogP contribution in [0.3, 0.4) is 0 Å². The second-order valence-corrected chi connectivity index (χ2v) is 8.73. The highest BCUT2D eigenvalue weighted by molar-refractivity contribution is 8.01. The Kier molecular flexibility index (Phi) is 5.33. The lowest BCUT2D eigenvalue weighted by Crippen LogP contribution is -2.41. The van der Waals surface area contributed by atoms with Crippen molar-refractivity contribution in [1.29, 1.82) is 0 Å². The van der Waals surface area contributed by atoms with E-state index in [0.717, 1.165) is 23.1 Å². The molecule has 3 aromatic rings. The van der Waals surface area contributed by atoms with Crippen LogP contribution >= 0.6 is 23.1 Å². The number of halogens is 3. The van der Waals surface area contributed by atoms with E-state index in [4.69, 9.17) is 9.84 Å². The van der Waals surface area contributed by atoms with Gasteiger partial charge < -0.3 is 14.7 Å². The average molecular weight is 454 g/mol. The fraction of sp³-hybridized carbons (Fsp3) is 0.211. The lowest BCUT2D eigenvalue weighted by molar-refractivity contribution is -0.138. The van der Waals surface area contributed by atoms with Gasteiger partial charge in [0.25, 0.3) is 0 Å². The van der Waals surface area contributed by atoms with Gasteiger partial charge in [-0.1, -0.05) is 0 Å². The van der Waals surface area contributed by atoms with E-state index in [0.29, 0.717) is 22.4 Å². The molecule has 2 aromatic carbocycles. The van der Waals surface area contributed by atoms with Crippen molar-refractivity contribution in [3.63, 3.8) is 0 Å². The fourth-order valence-electron chi connectivity index (χ4n) is 3.12. The molecule has 0 aliphatic carbocycles. The topological polar surface area (TPSA) is 79.7 Å². The Morgan fingerprint density at radius 3 is 2.73 bits per heavy atom. The summed E-state index contributed by atoms with van der Waals surface area (Å²) >= 11 is 1.92. The molecule has 156 valence electrons. The van der Waals surface area contributed by atoms with Crippen LogP contribution in [0.15, 0.2) is 29.2 Å². The number of carbonyl (C=O) groups is 2. The van der Waals surface area contributed by atoms with E-state index in [1.54, 1.807) is 18.2 Å². The summed E-state index contributed by atoms with van der Waals surface area (Å²) in [7, 11) is 1.48. The van der Waals surface area contributed by atoms with Crippen LogP contribution in [-0.4, -0.2) is 34.3 Å². The van der Waals surface area contributed by atoms with Crippen molar-refractivity contribution in [3.8, 4) is 5.75 Å². The van der Waals surface area contributed by atoms with E-state index in [2.05, 4.69) is 4.98 Å². The molecule has 0 spiro atoms. The zero-order valence-corrected chi connectivity index (χ0v) is 17.0. The predicted octanol–water partition coefficient (Wildman–Crippen LogP) is 4.20. The molecular formula is C19H13F3N2O4S2. The molecule has 6 nitrogen and oxygen atoms in total. The molecule has 1 aromatic heterocycles. The molecule has 30 heavy (non-hydrogen) atoms. The predicted molar refractivity (Wildman–Crippen MR) is 106 cm³/mol. The second kappa shape index (κ2) is 7.80. The van der Waals surface area contributed by atoms with Gasteiger partial charge in [-0.15, -0.1) is 23.1 Å². The molecule has 11 heteroatoms. The fourth-order valence-corrected chi connectivity index (χ4v) is 5.32. The SMILES string of the molecule is COc1ccc2c(c1)SC(CC(=O)O)C(=O)N2Cc1nc2c(F)c(F)cc(F)c2s1. The van der Waals surface area contributed by atoms with Crippen LogP contribution in [0.2, 0.25) is 0 Å². The van der Waals surface area contributed by atoms with E-state index in [9.17, 15) is 22.8 Å². The summed E-state index contributed by atoms with van der Waals surface area (Å²) in [6.45, 7) is -0.144. The van der Waals surface area contributed by atoms with Crippen molar-refractivity contribution >= 4 is 50.9 Å². The monoisotopic (exact) mass is 454 g/mol. The van der Waals surface area contributed by atoms with Crippen LogP contribution in [0.4, 0.5) is 18.9 Å². The molecule has 0 bridgehead atoms. The van der Waals surface area contributed by atoms with Gasteiger partial charge in [0.15, 0.2) is 11.6 Å². The van der Waals surface area contributed by atoms with Crippen molar-refractivity contribution < 1.29 is 32.6 Å². The minimum atomic E-state index is -1.35. The van der Waals surface area contributed by atoms with Crippen molar-refractivity contribution in [2.24, 2.45) is 0 Å². The first-order valence-electron chi connectivity index (χ1n) is 8.59. The van der Waals surface area contributed by atoms with Crippen LogP contribution in [-0.2, 0) is 16.1 Å². The first-order chi connectivity index (χ1) is 14.3. The molecule has 1 N–H and O–H groups in total. The Hall–Kier alpha value is -2.79. The van der Waals surface area contributed by atoms with Gasteiger partial charge in [0.1, 0.15) is 22.1 Å². The number of methoxy groups -OCH3 is 1. The molecular weight excluding hydrogens is 441 g/mol. The molecule has 4 rings (SSSR count). The normalized spacial score (nSPS) is 16.1. The van der Waals surface area contributed by atoms with Gasteiger partial charge in [-0.05, 0) is 18.2 Å². The Balaban J connectivity index is 1.76. The van der Waals surface area contributed by atoms with E-state index < -0.39 is 46.5 Å². The van der Waals surface area contributed by atoms with Crippen LogP contribution in [0, 0.1) is 17.5 Å². The van der Waals surface area contributed by atoms with Crippen LogP contribution in [0.1, 0.15) is 11.4 Å². The third kappa shape index (κ3) is 3.58. The number of aromatic nitrogens is 1. The summed E-state index contributed by atoms with van der Waals surface area (Å²) in [5, 5.41) is 8.45. The first-order valence-corrected chi connectivity index (χ1v) is 10.3. The number of rotatable bonds is 5. The summed E-state index contributed by atoms with van der Waals surface area (Å²) in [4.78, 5) is 30.1. The van der Waals surface area contributed by atoms with Gasteiger partial charge >= 0.3 is 5.97 Å². The molecule has 0 fully saturated rings. The third-order valence-corrected chi connectivity index (χ3v) is 6.76. The van der Waals surface area contributed by atoms with Crippen molar-refractivity contribution in [2.45, 2.75) is 23.1 Å². The molecule has 0 saturated heterocycles. The number of benzene rings is 2. The number of hydrogen-bond donors (Lipinski definition) is 1. The molecule has 1 amide bonds. The number of fused-ring (bicyclic) bond motifs is 2. The quantitative estimate of drug-likeness (QED) is 0.582. The van der Waals surface area contributed by atoms with E-state index in [1.165, 1.54) is 12.0 Å². The minimum Gasteiger partial charge on any atom is -0.497 e. The lowest BCUT2D eigenvalue weighted by Gasteiger charge is -2.32. The number of amides is 1. The molecule has 2 heterocycles. The zero-order valence-electron chi connectivity index (χ0n) is 15.3. The number of carbonyl (C=O) groups excluding carboxylic acids is 1. The largest absolute Gasteiger partial charge is 0.497 e. The van der Waals surface area contributed by atoms with Gasteiger partial charge in [-0.25, -0.2) is 18.2 Å². The van der Waals surface area contributed by atoms with Crippen LogP contribution < -0.4 is 9.64 Å². The van der Waals surface area contributed by atoms with E-state index in [1.807, 2.05) is 0 Å². The maximum atomic E-state index is 14.0. The number of thiazole rings is 1. The number of carboxylic acid groups (broad SMARTS) is 1. The van der Waals surface area contributed by atoms with E-state index in [-0.39, 0.29) is 16.3 Å². The summed E-state index contributed by atoms with van der Waals surface area (Å²) in [5.41, 5.74) is 0.0576. The highest BCUT2D eigenvalue weighted by atomic mass is 32.2. The molecule has 1 aliphatic rings.